The number of benzene rings is 1. The van der Waals surface area contributed by atoms with E-state index in [4.69, 9.17) is 17.2 Å². The van der Waals surface area contributed by atoms with E-state index in [2.05, 4.69) is 26.6 Å². The molecule has 0 bridgehead atoms. The van der Waals surface area contributed by atoms with E-state index in [1.54, 1.807) is 52.0 Å². The second-order valence-corrected chi connectivity index (χ2v) is 14.8. The van der Waals surface area contributed by atoms with Gasteiger partial charge in [-0.15, -0.1) is 0 Å². The van der Waals surface area contributed by atoms with E-state index in [0.29, 0.717) is 0 Å². The average molecular weight is 851 g/mol. The van der Waals surface area contributed by atoms with Gasteiger partial charge in [0.2, 0.25) is 53.2 Å². The number of hydrogen-bond acceptors (Lipinski definition) is 13. The van der Waals surface area contributed by atoms with Gasteiger partial charge < -0.3 is 69.7 Å². The quantitative estimate of drug-likeness (QED) is 0.0437. The van der Waals surface area contributed by atoms with Crippen LogP contribution in [-0.2, 0) is 54.4 Å². The molecule has 16 N–H and O–H groups in total. The van der Waals surface area contributed by atoms with Crippen molar-refractivity contribution in [2.75, 3.05) is 6.61 Å². The zero-order valence-electron chi connectivity index (χ0n) is 34.2. The van der Waals surface area contributed by atoms with Crippen LogP contribution >= 0.6 is 0 Å². The summed E-state index contributed by atoms with van der Waals surface area (Å²) >= 11 is 0. The number of aliphatic hydroxyl groups is 2. The third-order valence-corrected chi connectivity index (χ3v) is 8.82. The van der Waals surface area contributed by atoms with Gasteiger partial charge in [0.05, 0.1) is 31.6 Å². The van der Waals surface area contributed by atoms with Gasteiger partial charge in [0, 0.05) is 0 Å². The number of rotatable bonds is 25. The molecule has 60 heavy (non-hydrogen) atoms. The zero-order chi connectivity index (χ0) is 46.0. The lowest BCUT2D eigenvalue weighted by Crippen LogP contribution is -2.62. The van der Waals surface area contributed by atoms with E-state index in [9.17, 15) is 63.3 Å². The molecule has 0 spiro atoms. The first-order valence-electron chi connectivity index (χ1n) is 18.9. The summed E-state index contributed by atoms with van der Waals surface area (Å²) in [5, 5.41) is 45.1. The van der Waals surface area contributed by atoms with Crippen molar-refractivity contribution in [3.8, 4) is 0 Å². The summed E-state index contributed by atoms with van der Waals surface area (Å²) in [6.07, 6.45) is -3.03. The molecule has 334 valence electrons. The van der Waals surface area contributed by atoms with Crippen LogP contribution in [0.2, 0.25) is 0 Å². The number of primary amides is 2. The molecule has 0 unspecified atom stereocenters. The van der Waals surface area contributed by atoms with Gasteiger partial charge in [0.25, 0.3) is 0 Å². The second kappa shape index (κ2) is 24.7. The minimum absolute atomic E-state index is 0.195. The number of nitrogens with one attached hydrogen (secondary N) is 7. The summed E-state index contributed by atoms with van der Waals surface area (Å²) in [6.45, 7) is 7.63. The van der Waals surface area contributed by atoms with Crippen LogP contribution in [0.3, 0.4) is 0 Å². The first kappa shape index (κ1) is 51.8. The summed E-state index contributed by atoms with van der Waals surface area (Å²) in [5.41, 5.74) is 17.2. The molecule has 23 heteroatoms. The Hall–Kier alpha value is -6.20. The first-order valence-corrected chi connectivity index (χ1v) is 18.9. The Morgan fingerprint density at radius 1 is 0.550 bits per heavy atom. The van der Waals surface area contributed by atoms with Gasteiger partial charge in [0.1, 0.15) is 42.3 Å². The minimum Gasteiger partial charge on any atom is -0.480 e. The highest BCUT2D eigenvalue weighted by Crippen LogP contribution is 2.10. The van der Waals surface area contributed by atoms with Crippen LogP contribution in [0.1, 0.15) is 59.9 Å². The average Bonchev–Trinajstić information content (AvgIpc) is 3.15. The maximum Gasteiger partial charge on any atom is 0.326 e. The van der Waals surface area contributed by atoms with Crippen LogP contribution in [0.4, 0.5) is 0 Å². The molecule has 1 aromatic carbocycles. The van der Waals surface area contributed by atoms with Gasteiger partial charge in [-0.2, -0.15) is 0 Å². The van der Waals surface area contributed by atoms with Crippen molar-refractivity contribution in [1.29, 1.82) is 0 Å². The standard InChI is InChI=1S/C37H58N10O13/c1-16(2)27(46-35(57)28(17(3)4)45-31(53)21(38)12-20-10-8-7-9-11-20)34(56)42-22(13-25(39)50)32(54)41-18(5)30(52)47-29(19(6)49)36(58)44-24(15-48)33(55)43-23(37(59)60)14-26(40)51/h7-11,16-19,21-24,27-29,48-49H,12-15,38H2,1-6H3,(H2,39,50)(H2,40,51)(H,41,54)(H,42,56)(H,43,55)(H,44,58)(H,45,53)(H,46,57)(H,47,52)(H,59,60)/t18-,19+,21-,22-,23-,24-,27-,28-,29-/m0/s1. The summed E-state index contributed by atoms with van der Waals surface area (Å²) < 4.78 is 0. The van der Waals surface area contributed by atoms with Crippen LogP contribution in [0.15, 0.2) is 30.3 Å². The Bertz CT molecular complexity index is 1710. The van der Waals surface area contributed by atoms with Crippen molar-refractivity contribution in [2.24, 2.45) is 29.0 Å². The second-order valence-electron chi connectivity index (χ2n) is 14.8. The molecule has 0 radical (unpaired) electrons. The molecule has 0 saturated heterocycles. The monoisotopic (exact) mass is 850 g/mol. The smallest absolute Gasteiger partial charge is 0.326 e. The lowest BCUT2D eigenvalue weighted by atomic mass is 9.98. The molecule has 9 amide bonds. The van der Waals surface area contributed by atoms with Crippen molar-refractivity contribution >= 4 is 59.1 Å². The molecule has 0 aliphatic carbocycles. The Labute approximate surface area is 346 Å². The largest absolute Gasteiger partial charge is 0.480 e. The molecule has 0 aromatic heterocycles. The fourth-order valence-corrected chi connectivity index (χ4v) is 5.40. The molecule has 0 aliphatic heterocycles. The van der Waals surface area contributed by atoms with Crippen LogP contribution in [0.25, 0.3) is 0 Å². The van der Waals surface area contributed by atoms with E-state index in [1.165, 1.54) is 0 Å². The molecule has 23 nitrogen and oxygen atoms in total. The topological polar surface area (TPSA) is 394 Å². The van der Waals surface area contributed by atoms with Crippen molar-refractivity contribution < 1.29 is 63.3 Å². The van der Waals surface area contributed by atoms with Crippen molar-refractivity contribution in [2.45, 2.75) is 115 Å². The predicted octanol–water partition coefficient (Wildman–Crippen LogP) is -5.51. The van der Waals surface area contributed by atoms with E-state index >= 15 is 0 Å². The van der Waals surface area contributed by atoms with Gasteiger partial charge in [-0.25, -0.2) is 4.79 Å². The van der Waals surface area contributed by atoms with E-state index < -0.39 is 145 Å². The number of aliphatic hydroxyl groups excluding tert-OH is 2. The summed E-state index contributed by atoms with van der Waals surface area (Å²) in [4.78, 5) is 126. The Morgan fingerprint density at radius 3 is 1.43 bits per heavy atom. The van der Waals surface area contributed by atoms with Crippen molar-refractivity contribution in [1.82, 2.24) is 37.2 Å². The fraction of sp³-hybridized carbons (Fsp3) is 0.568. The van der Waals surface area contributed by atoms with E-state index in [0.717, 1.165) is 19.4 Å². The molecule has 1 rings (SSSR count). The number of carbonyl (C=O) groups excluding carboxylic acids is 9. The number of carboxylic acids is 1. The number of nitrogens with two attached hydrogens (primary N) is 3. The van der Waals surface area contributed by atoms with Gasteiger partial charge in [-0.1, -0.05) is 58.0 Å². The molecule has 9 atom stereocenters. The third-order valence-electron chi connectivity index (χ3n) is 8.82. The van der Waals surface area contributed by atoms with Gasteiger partial charge in [-0.05, 0) is 37.7 Å². The maximum atomic E-state index is 13.5. The Kier molecular flexibility index (Phi) is 21.3. The molecular weight excluding hydrogens is 792 g/mol. The SMILES string of the molecule is CC(C)[C@H](NC(=O)[C@@H](NC(=O)[C@@H](N)Cc1ccccc1)C(C)C)C(=O)N[C@@H](CC(N)=O)C(=O)N[C@@H](C)C(=O)N[C@H](C(=O)N[C@@H](CO)C(=O)N[C@@H](CC(N)=O)C(=O)O)[C@@H](C)O. The molecule has 0 aliphatic rings. The van der Waals surface area contributed by atoms with Crippen LogP contribution in [0, 0.1) is 11.8 Å². The van der Waals surface area contributed by atoms with Crippen molar-refractivity contribution in [3.05, 3.63) is 35.9 Å². The summed E-state index contributed by atoms with van der Waals surface area (Å²) in [7, 11) is 0. The summed E-state index contributed by atoms with van der Waals surface area (Å²) in [6, 6.07) is -3.12. The van der Waals surface area contributed by atoms with Crippen LogP contribution < -0.4 is 54.4 Å². The number of carbonyl (C=O) groups is 10. The Balaban J connectivity index is 3.06. The van der Waals surface area contributed by atoms with Crippen LogP contribution in [-0.4, -0.2) is 135 Å². The highest BCUT2D eigenvalue weighted by molar-refractivity contribution is 5.99. The summed E-state index contributed by atoms with van der Waals surface area (Å²) in [5.74, 6) is -11.8. The van der Waals surface area contributed by atoms with E-state index in [1.807, 2.05) is 16.7 Å². The molecule has 1 aromatic rings. The normalized spacial score (nSPS) is 15.6. The van der Waals surface area contributed by atoms with Gasteiger partial charge in [0.15, 0.2) is 0 Å². The predicted molar refractivity (Wildman–Crippen MR) is 211 cm³/mol. The highest BCUT2D eigenvalue weighted by atomic mass is 16.4. The van der Waals surface area contributed by atoms with Gasteiger partial charge >= 0.3 is 5.97 Å². The van der Waals surface area contributed by atoms with E-state index in [-0.39, 0.29) is 6.42 Å². The Morgan fingerprint density at radius 2 is 0.967 bits per heavy atom. The third kappa shape index (κ3) is 17.3. The number of carboxylic acid groups (broad SMARTS) is 1. The number of hydrogen-bond donors (Lipinski definition) is 13. The highest BCUT2D eigenvalue weighted by Gasteiger charge is 2.36. The molecule has 0 saturated carbocycles. The molecule has 0 heterocycles. The zero-order valence-corrected chi connectivity index (χ0v) is 34.2. The molecular formula is C37H58N10O13. The van der Waals surface area contributed by atoms with Crippen LogP contribution in [0.5, 0.6) is 0 Å². The minimum atomic E-state index is -1.82. The lowest BCUT2D eigenvalue weighted by molar-refractivity contribution is -0.144. The first-order chi connectivity index (χ1) is 27.9. The number of amides is 9. The number of aliphatic carboxylic acids is 1. The maximum absolute atomic E-state index is 13.5. The molecule has 0 fully saturated rings. The van der Waals surface area contributed by atoms with Crippen molar-refractivity contribution in [3.63, 3.8) is 0 Å². The van der Waals surface area contributed by atoms with Gasteiger partial charge in [-0.3, -0.25) is 43.2 Å². The lowest BCUT2D eigenvalue weighted by Gasteiger charge is -2.29. The fourth-order valence-electron chi connectivity index (χ4n) is 5.40.